The van der Waals surface area contributed by atoms with Gasteiger partial charge in [-0.05, 0) is 31.9 Å². The normalized spacial score (nSPS) is 15.2. The minimum Gasteiger partial charge on any atom is -0.307 e. The topological polar surface area (TPSA) is 12.0 Å². The summed E-state index contributed by atoms with van der Waals surface area (Å²) in [6.45, 7) is 6.68. The van der Waals surface area contributed by atoms with Gasteiger partial charge in [-0.3, -0.25) is 0 Å². The third kappa shape index (κ3) is 4.13. The minimum absolute atomic E-state index is 0.416. The maximum atomic E-state index is 5.93. The van der Waals surface area contributed by atoms with Gasteiger partial charge >= 0.3 is 0 Å². The third-order valence-corrected chi connectivity index (χ3v) is 4.05. The van der Waals surface area contributed by atoms with Crippen molar-refractivity contribution in [1.29, 1.82) is 0 Å². The van der Waals surface area contributed by atoms with E-state index in [-0.39, 0.29) is 0 Å². The van der Waals surface area contributed by atoms with Gasteiger partial charge in [0.25, 0.3) is 0 Å². The quantitative estimate of drug-likeness (QED) is 0.771. The molecule has 0 aliphatic carbocycles. The van der Waals surface area contributed by atoms with Crippen LogP contribution in [0.2, 0.25) is 4.34 Å². The van der Waals surface area contributed by atoms with Crippen molar-refractivity contribution in [1.82, 2.24) is 5.32 Å². The largest absolute Gasteiger partial charge is 0.307 e. The standard InChI is InChI=1S/C12H20ClNS/c1-4-6-10(5-2)14-9(3)11-7-8-12(13)15-11/h7-10,14H,4-6H2,1-3H3. The van der Waals surface area contributed by atoms with Crippen molar-refractivity contribution < 1.29 is 0 Å². The fraction of sp³-hybridized carbons (Fsp3) is 0.667. The molecule has 0 amide bonds. The second-order valence-corrected chi connectivity index (χ2v) is 5.67. The van der Waals surface area contributed by atoms with Crippen molar-refractivity contribution in [3.63, 3.8) is 0 Å². The van der Waals surface area contributed by atoms with Gasteiger partial charge in [0.1, 0.15) is 0 Å². The molecule has 0 saturated carbocycles. The molecule has 0 aliphatic heterocycles. The van der Waals surface area contributed by atoms with Gasteiger partial charge in [-0.15, -0.1) is 11.3 Å². The van der Waals surface area contributed by atoms with Crippen LogP contribution in [0.25, 0.3) is 0 Å². The lowest BCUT2D eigenvalue weighted by molar-refractivity contribution is 0.420. The van der Waals surface area contributed by atoms with E-state index >= 15 is 0 Å². The molecule has 0 aromatic carbocycles. The first-order valence-electron chi connectivity index (χ1n) is 5.68. The minimum atomic E-state index is 0.416. The van der Waals surface area contributed by atoms with E-state index in [4.69, 9.17) is 11.6 Å². The molecule has 1 nitrogen and oxygen atoms in total. The Kier molecular flexibility index (Phi) is 5.65. The molecule has 0 radical (unpaired) electrons. The molecule has 0 fully saturated rings. The molecule has 2 unspecified atom stereocenters. The summed E-state index contributed by atoms with van der Waals surface area (Å²) >= 11 is 7.60. The Morgan fingerprint density at radius 2 is 2.13 bits per heavy atom. The van der Waals surface area contributed by atoms with Gasteiger partial charge in [-0.2, -0.15) is 0 Å². The number of hydrogen-bond acceptors (Lipinski definition) is 2. The Morgan fingerprint density at radius 3 is 2.60 bits per heavy atom. The van der Waals surface area contributed by atoms with Crippen LogP contribution >= 0.6 is 22.9 Å². The van der Waals surface area contributed by atoms with E-state index in [9.17, 15) is 0 Å². The molecule has 1 rings (SSSR count). The first-order valence-corrected chi connectivity index (χ1v) is 6.88. The van der Waals surface area contributed by atoms with Gasteiger partial charge in [0, 0.05) is 17.0 Å². The van der Waals surface area contributed by atoms with Crippen molar-refractivity contribution in [3.05, 3.63) is 21.3 Å². The lowest BCUT2D eigenvalue weighted by Crippen LogP contribution is -2.30. The van der Waals surface area contributed by atoms with Crippen molar-refractivity contribution in [2.45, 2.75) is 52.1 Å². The fourth-order valence-electron chi connectivity index (χ4n) is 1.75. The second kappa shape index (κ2) is 6.51. The van der Waals surface area contributed by atoms with E-state index in [0.29, 0.717) is 12.1 Å². The lowest BCUT2D eigenvalue weighted by Gasteiger charge is -2.21. The van der Waals surface area contributed by atoms with Crippen molar-refractivity contribution in [3.8, 4) is 0 Å². The molecule has 86 valence electrons. The van der Waals surface area contributed by atoms with Crippen LogP contribution in [0, 0.1) is 0 Å². The Morgan fingerprint density at radius 1 is 1.40 bits per heavy atom. The maximum Gasteiger partial charge on any atom is 0.0931 e. The molecule has 2 atom stereocenters. The van der Waals surface area contributed by atoms with Gasteiger partial charge in [0.2, 0.25) is 0 Å². The Bertz CT molecular complexity index is 285. The highest BCUT2D eigenvalue weighted by atomic mass is 35.5. The molecule has 0 bridgehead atoms. The molecule has 3 heteroatoms. The van der Waals surface area contributed by atoms with E-state index in [0.717, 1.165) is 4.34 Å². The molecule has 15 heavy (non-hydrogen) atoms. The zero-order valence-electron chi connectivity index (χ0n) is 9.72. The first-order chi connectivity index (χ1) is 7.17. The van der Waals surface area contributed by atoms with Crippen LogP contribution in [-0.4, -0.2) is 6.04 Å². The monoisotopic (exact) mass is 245 g/mol. The SMILES string of the molecule is CCCC(CC)NC(C)c1ccc(Cl)s1. The van der Waals surface area contributed by atoms with Gasteiger partial charge in [0.05, 0.1) is 4.34 Å². The second-order valence-electron chi connectivity index (χ2n) is 3.92. The van der Waals surface area contributed by atoms with Crippen LogP contribution in [0.1, 0.15) is 51.0 Å². The van der Waals surface area contributed by atoms with E-state index < -0.39 is 0 Å². The Hall–Kier alpha value is -0.0500. The highest BCUT2D eigenvalue weighted by Crippen LogP contribution is 2.27. The summed E-state index contributed by atoms with van der Waals surface area (Å²) in [6, 6.07) is 5.13. The van der Waals surface area contributed by atoms with Crippen LogP contribution in [0.4, 0.5) is 0 Å². The summed E-state index contributed by atoms with van der Waals surface area (Å²) in [6.07, 6.45) is 3.68. The number of thiophene rings is 1. The van der Waals surface area contributed by atoms with Gasteiger partial charge in [0.15, 0.2) is 0 Å². The van der Waals surface area contributed by atoms with E-state index in [1.165, 1.54) is 24.1 Å². The summed E-state index contributed by atoms with van der Waals surface area (Å²) in [7, 11) is 0. The zero-order valence-corrected chi connectivity index (χ0v) is 11.3. The van der Waals surface area contributed by atoms with Gasteiger partial charge in [-0.25, -0.2) is 0 Å². The Balaban J connectivity index is 2.50. The van der Waals surface area contributed by atoms with Crippen molar-refractivity contribution in [2.24, 2.45) is 0 Å². The molecule has 1 heterocycles. The highest BCUT2D eigenvalue weighted by Gasteiger charge is 2.12. The average molecular weight is 246 g/mol. The summed E-state index contributed by atoms with van der Waals surface area (Å²) in [5.41, 5.74) is 0. The summed E-state index contributed by atoms with van der Waals surface area (Å²) in [4.78, 5) is 1.33. The van der Waals surface area contributed by atoms with Crippen molar-refractivity contribution in [2.75, 3.05) is 0 Å². The molecule has 0 saturated heterocycles. The third-order valence-electron chi connectivity index (χ3n) is 2.64. The van der Waals surface area contributed by atoms with E-state index in [1.807, 2.05) is 6.07 Å². The van der Waals surface area contributed by atoms with Crippen LogP contribution < -0.4 is 5.32 Å². The Labute approximate surface area is 102 Å². The van der Waals surface area contributed by atoms with E-state index in [1.54, 1.807) is 11.3 Å². The summed E-state index contributed by atoms with van der Waals surface area (Å²) in [5, 5.41) is 3.65. The fourth-order valence-corrected chi connectivity index (χ4v) is 2.82. The van der Waals surface area contributed by atoms with Crippen LogP contribution in [0.5, 0.6) is 0 Å². The number of halogens is 1. The van der Waals surface area contributed by atoms with Gasteiger partial charge in [-0.1, -0.05) is 31.9 Å². The summed E-state index contributed by atoms with van der Waals surface area (Å²) < 4.78 is 0.877. The van der Waals surface area contributed by atoms with Crippen molar-refractivity contribution >= 4 is 22.9 Å². The van der Waals surface area contributed by atoms with Crippen LogP contribution in [0.3, 0.4) is 0 Å². The highest BCUT2D eigenvalue weighted by molar-refractivity contribution is 7.16. The number of rotatable bonds is 6. The summed E-state index contributed by atoms with van der Waals surface area (Å²) in [5.74, 6) is 0. The van der Waals surface area contributed by atoms with E-state index in [2.05, 4.69) is 32.2 Å². The molecule has 1 N–H and O–H groups in total. The number of hydrogen-bond donors (Lipinski definition) is 1. The number of nitrogens with one attached hydrogen (secondary N) is 1. The van der Waals surface area contributed by atoms with Crippen LogP contribution in [-0.2, 0) is 0 Å². The zero-order chi connectivity index (χ0) is 11.3. The molecular formula is C12H20ClNS. The lowest BCUT2D eigenvalue weighted by atomic mass is 10.1. The van der Waals surface area contributed by atoms with Crippen LogP contribution in [0.15, 0.2) is 12.1 Å². The first kappa shape index (κ1) is 13.0. The molecule has 1 aromatic heterocycles. The predicted octanol–water partition coefficient (Wildman–Crippen LogP) is 4.63. The maximum absolute atomic E-state index is 5.93. The molecular weight excluding hydrogens is 226 g/mol. The smallest absolute Gasteiger partial charge is 0.0931 e. The molecule has 0 aliphatic rings. The average Bonchev–Trinajstić information content (AvgIpc) is 2.64. The predicted molar refractivity (Wildman–Crippen MR) is 69.9 cm³/mol. The van der Waals surface area contributed by atoms with Gasteiger partial charge < -0.3 is 5.32 Å². The molecule has 1 aromatic rings. The molecule has 0 spiro atoms.